The fourth-order valence-electron chi connectivity index (χ4n) is 2.44. The normalized spacial score (nSPS) is 11.6. The Morgan fingerprint density at radius 1 is 0.703 bits per heavy atom. The van der Waals surface area contributed by atoms with Gasteiger partial charge in [0.2, 0.25) is 0 Å². The third-order valence-electron chi connectivity index (χ3n) is 4.70. The zero-order valence-corrected chi connectivity index (χ0v) is 24.1. The van der Waals surface area contributed by atoms with Crippen molar-refractivity contribution in [3.63, 3.8) is 0 Å². The molecule has 0 aliphatic heterocycles. The number of phosphoric ester groups is 1. The maximum absolute atomic E-state index is 11.8. The molecule has 0 aromatic heterocycles. The minimum Gasteiger partial charge on any atom is -0.377 e. The number of hydrogen-bond donors (Lipinski definition) is 3. The van der Waals surface area contributed by atoms with Crippen molar-refractivity contribution in [1.29, 1.82) is 0 Å². The molecule has 0 saturated heterocycles. The fourth-order valence-corrected chi connectivity index (χ4v) is 2.75. The van der Waals surface area contributed by atoms with Crippen LogP contribution in [0.5, 0.6) is 0 Å². The molecule has 0 aromatic rings. The highest BCUT2D eigenvalue weighted by molar-refractivity contribution is 7.46. The third-order valence-corrected chi connectivity index (χ3v) is 5.22. The van der Waals surface area contributed by atoms with Crippen molar-refractivity contribution in [3.8, 4) is 0 Å². The number of amides is 1. The SMILES string of the molecule is CCN(CC)CC.CCN(CC)CC.O=C(NCCOCCOCCOCCOP(=O)(O)O)C(F)(F)F. The van der Waals surface area contributed by atoms with E-state index < -0.39 is 19.9 Å². The van der Waals surface area contributed by atoms with Gasteiger partial charge in [-0.05, 0) is 39.3 Å². The number of hydrogen-bond acceptors (Lipinski definition) is 8. The van der Waals surface area contributed by atoms with Gasteiger partial charge < -0.3 is 39.1 Å². The molecule has 0 aliphatic carbocycles. The van der Waals surface area contributed by atoms with Crippen LogP contribution >= 0.6 is 7.82 Å². The van der Waals surface area contributed by atoms with E-state index in [2.05, 4.69) is 55.9 Å². The first kappa shape index (κ1) is 40.7. The second kappa shape index (κ2) is 26.8. The number of alkyl halides is 3. The molecule has 0 aliphatic rings. The molecule has 0 radical (unpaired) electrons. The Morgan fingerprint density at radius 3 is 1.30 bits per heavy atom. The Bertz CT molecular complexity index is 527. The average Bonchev–Trinajstić information content (AvgIpc) is 2.83. The average molecular weight is 572 g/mol. The first-order chi connectivity index (χ1) is 17.3. The molecule has 0 heterocycles. The van der Waals surface area contributed by atoms with Gasteiger partial charge in [-0.2, -0.15) is 13.2 Å². The van der Waals surface area contributed by atoms with E-state index in [9.17, 15) is 22.5 Å². The van der Waals surface area contributed by atoms with Crippen molar-refractivity contribution >= 4 is 13.7 Å². The number of nitrogens with one attached hydrogen (secondary N) is 1. The van der Waals surface area contributed by atoms with E-state index in [1.165, 1.54) is 39.3 Å². The van der Waals surface area contributed by atoms with Crippen LogP contribution in [0.4, 0.5) is 13.2 Å². The number of rotatable bonds is 19. The summed E-state index contributed by atoms with van der Waals surface area (Å²) in [4.78, 5) is 31.9. The number of halogens is 3. The van der Waals surface area contributed by atoms with Gasteiger partial charge >= 0.3 is 19.9 Å². The van der Waals surface area contributed by atoms with Gasteiger partial charge in [-0.3, -0.25) is 9.32 Å². The van der Waals surface area contributed by atoms with Crippen LogP contribution < -0.4 is 5.32 Å². The minimum atomic E-state index is -4.90. The van der Waals surface area contributed by atoms with E-state index in [1.54, 1.807) is 5.32 Å². The highest BCUT2D eigenvalue weighted by Gasteiger charge is 2.38. The zero-order chi connectivity index (χ0) is 29.2. The van der Waals surface area contributed by atoms with Crippen molar-refractivity contribution in [2.75, 3.05) is 92.1 Å². The monoisotopic (exact) mass is 571 g/mol. The lowest BCUT2D eigenvalue weighted by molar-refractivity contribution is -0.173. The number of carbonyl (C=O) groups excluding carboxylic acids is 1. The minimum absolute atomic E-state index is 0.0100. The topological polar surface area (TPSA) is 130 Å². The van der Waals surface area contributed by atoms with Crippen LogP contribution in [0, 0.1) is 0 Å². The number of phosphoric acid groups is 1. The number of carbonyl (C=O) groups is 1. The molecule has 226 valence electrons. The second-order valence-electron chi connectivity index (χ2n) is 7.15. The van der Waals surface area contributed by atoms with Crippen molar-refractivity contribution in [2.45, 2.75) is 47.7 Å². The lowest BCUT2D eigenvalue weighted by Crippen LogP contribution is -2.38. The number of ether oxygens (including phenoxy) is 3. The molecule has 1 amide bonds. The third kappa shape index (κ3) is 33.1. The van der Waals surface area contributed by atoms with Crippen LogP contribution in [-0.4, -0.2) is 124 Å². The largest absolute Gasteiger partial charge is 0.471 e. The molecule has 0 saturated carbocycles. The summed E-state index contributed by atoms with van der Waals surface area (Å²) < 4.78 is 64.8. The van der Waals surface area contributed by atoms with Gasteiger partial charge in [0.1, 0.15) is 0 Å². The molecular weight excluding hydrogens is 522 g/mol. The van der Waals surface area contributed by atoms with Crippen LogP contribution in [0.25, 0.3) is 0 Å². The molecule has 0 fully saturated rings. The van der Waals surface area contributed by atoms with Gasteiger partial charge in [0.15, 0.2) is 0 Å². The highest BCUT2D eigenvalue weighted by atomic mass is 31.2. The summed E-state index contributed by atoms with van der Waals surface area (Å²) in [6, 6.07) is 0. The maximum atomic E-state index is 11.8. The van der Waals surface area contributed by atoms with Crippen LogP contribution in [0.3, 0.4) is 0 Å². The van der Waals surface area contributed by atoms with Gasteiger partial charge in [-0.1, -0.05) is 41.5 Å². The smallest absolute Gasteiger partial charge is 0.377 e. The first-order valence-electron chi connectivity index (χ1n) is 12.6. The van der Waals surface area contributed by atoms with Gasteiger partial charge in [-0.25, -0.2) is 4.57 Å². The Labute approximate surface area is 220 Å². The van der Waals surface area contributed by atoms with Gasteiger partial charge in [0.05, 0.1) is 46.2 Å². The van der Waals surface area contributed by atoms with Gasteiger partial charge in [-0.15, -0.1) is 0 Å². The quantitative estimate of drug-likeness (QED) is 0.157. The van der Waals surface area contributed by atoms with E-state index in [0.717, 1.165) is 0 Å². The summed E-state index contributed by atoms with van der Waals surface area (Å²) in [7, 11) is -4.48. The van der Waals surface area contributed by atoms with E-state index in [0.29, 0.717) is 0 Å². The Hall–Kier alpha value is -0.830. The van der Waals surface area contributed by atoms with E-state index in [1.807, 2.05) is 0 Å². The summed E-state index contributed by atoms with van der Waals surface area (Å²) in [6.07, 6.45) is -4.90. The van der Waals surface area contributed by atoms with Crippen LogP contribution in [0.2, 0.25) is 0 Å². The summed E-state index contributed by atoms with van der Waals surface area (Å²) in [5.74, 6) is -2.02. The Kier molecular flexibility index (Phi) is 29.4. The molecule has 3 N–H and O–H groups in total. The zero-order valence-electron chi connectivity index (χ0n) is 23.2. The molecular formula is C22H49F3N3O8P. The molecule has 0 bridgehead atoms. The molecule has 0 spiro atoms. The molecule has 11 nitrogen and oxygen atoms in total. The van der Waals surface area contributed by atoms with Crippen LogP contribution in [-0.2, 0) is 28.1 Å². The molecule has 37 heavy (non-hydrogen) atoms. The van der Waals surface area contributed by atoms with E-state index in [-0.39, 0.29) is 52.8 Å². The first-order valence-corrected chi connectivity index (χ1v) is 14.1. The molecule has 0 aromatic carbocycles. The van der Waals surface area contributed by atoms with Crippen molar-refractivity contribution in [1.82, 2.24) is 15.1 Å². The predicted octanol–water partition coefficient (Wildman–Crippen LogP) is 2.52. The maximum Gasteiger partial charge on any atom is 0.471 e. The number of nitrogens with zero attached hydrogens (tertiary/aromatic N) is 2. The highest BCUT2D eigenvalue weighted by Crippen LogP contribution is 2.35. The molecule has 0 unspecified atom stereocenters. The molecule has 0 rings (SSSR count). The lowest BCUT2D eigenvalue weighted by Gasteiger charge is -2.13. The van der Waals surface area contributed by atoms with Gasteiger partial charge in [0.25, 0.3) is 0 Å². The summed E-state index contributed by atoms with van der Waals surface area (Å²) in [6.45, 7) is 20.3. The standard InChI is InChI=1S/C10H19F3NO8P.2C6H15N/c11-10(12,13)9(15)14-1-2-19-3-4-20-5-6-21-7-8-22-23(16,17)18;2*1-4-7(5-2)6-3/h1-8H2,(H,14,15)(H2,16,17,18);2*4-6H2,1-3H3. The van der Waals surface area contributed by atoms with Crippen molar-refractivity contribution < 1.29 is 51.1 Å². The van der Waals surface area contributed by atoms with Crippen LogP contribution in [0.15, 0.2) is 0 Å². The predicted molar refractivity (Wildman–Crippen MR) is 136 cm³/mol. The lowest BCUT2D eigenvalue weighted by atomic mass is 10.5. The Morgan fingerprint density at radius 2 is 1.03 bits per heavy atom. The van der Waals surface area contributed by atoms with Crippen molar-refractivity contribution in [3.05, 3.63) is 0 Å². The summed E-state index contributed by atoms with van der Waals surface area (Å²) >= 11 is 0. The van der Waals surface area contributed by atoms with Gasteiger partial charge in [0, 0.05) is 6.54 Å². The summed E-state index contributed by atoms with van der Waals surface area (Å²) in [5.41, 5.74) is 0. The van der Waals surface area contributed by atoms with Crippen LogP contribution in [0.1, 0.15) is 41.5 Å². The van der Waals surface area contributed by atoms with E-state index >= 15 is 0 Å². The Balaban J connectivity index is -0.000000670. The summed E-state index contributed by atoms with van der Waals surface area (Å²) in [5, 5.41) is 1.65. The molecule has 0 atom stereocenters. The second-order valence-corrected chi connectivity index (χ2v) is 8.39. The fraction of sp³-hybridized carbons (Fsp3) is 0.955. The van der Waals surface area contributed by atoms with Crippen molar-refractivity contribution in [2.24, 2.45) is 0 Å². The molecule has 15 heteroatoms. The van der Waals surface area contributed by atoms with E-state index in [4.69, 9.17) is 24.0 Å².